The van der Waals surface area contributed by atoms with Crippen LogP contribution in [0.1, 0.15) is 27.0 Å². The Kier molecular flexibility index (Phi) is 4.08. The van der Waals surface area contributed by atoms with Gasteiger partial charge in [0.05, 0.1) is 12.7 Å². The zero-order valence-electron chi connectivity index (χ0n) is 12.3. The van der Waals surface area contributed by atoms with Gasteiger partial charge in [-0.2, -0.15) is 0 Å². The summed E-state index contributed by atoms with van der Waals surface area (Å²) in [5.74, 6) is 0.634. The van der Waals surface area contributed by atoms with Crippen molar-refractivity contribution in [1.29, 1.82) is 0 Å². The average Bonchev–Trinajstić information content (AvgIpc) is 2.46. The molecule has 0 aliphatic carbocycles. The standard InChI is InChI=1S/C17H19NO2/c1-11-9-12(2)17(20-4)15(10-11)16(19)13-5-7-14(18-3)8-6-13/h5-10,18H,1-4H3. The summed E-state index contributed by atoms with van der Waals surface area (Å²) in [6.07, 6.45) is 0. The minimum atomic E-state index is -0.0173. The first-order valence-electron chi connectivity index (χ1n) is 6.54. The number of hydrogen-bond acceptors (Lipinski definition) is 3. The molecule has 3 heteroatoms. The lowest BCUT2D eigenvalue weighted by molar-refractivity contribution is 0.103. The first-order chi connectivity index (χ1) is 9.56. The number of carbonyl (C=O) groups excluding carboxylic acids is 1. The molecular weight excluding hydrogens is 250 g/mol. The van der Waals surface area contributed by atoms with Gasteiger partial charge in [0.25, 0.3) is 0 Å². The Balaban J connectivity index is 2.46. The fourth-order valence-corrected chi connectivity index (χ4v) is 2.34. The van der Waals surface area contributed by atoms with E-state index in [1.165, 1.54) is 0 Å². The number of rotatable bonds is 4. The van der Waals surface area contributed by atoms with E-state index in [0.29, 0.717) is 16.9 Å². The third kappa shape index (κ3) is 2.67. The summed E-state index contributed by atoms with van der Waals surface area (Å²) in [5, 5.41) is 3.04. The van der Waals surface area contributed by atoms with E-state index in [1.807, 2.05) is 57.3 Å². The molecule has 104 valence electrons. The summed E-state index contributed by atoms with van der Waals surface area (Å²) in [4.78, 5) is 12.6. The molecule has 0 bridgehead atoms. The molecule has 0 radical (unpaired) electrons. The van der Waals surface area contributed by atoms with E-state index < -0.39 is 0 Å². The van der Waals surface area contributed by atoms with Crippen LogP contribution >= 0.6 is 0 Å². The van der Waals surface area contributed by atoms with Crippen LogP contribution < -0.4 is 10.1 Å². The number of nitrogens with one attached hydrogen (secondary N) is 1. The molecule has 0 saturated heterocycles. The number of benzene rings is 2. The van der Waals surface area contributed by atoms with Crippen molar-refractivity contribution in [3.05, 3.63) is 58.7 Å². The topological polar surface area (TPSA) is 38.3 Å². The van der Waals surface area contributed by atoms with Crippen molar-refractivity contribution < 1.29 is 9.53 Å². The van der Waals surface area contributed by atoms with Gasteiger partial charge < -0.3 is 10.1 Å². The lowest BCUT2D eigenvalue weighted by atomic mass is 9.98. The van der Waals surface area contributed by atoms with Crippen LogP contribution in [0.5, 0.6) is 5.75 Å². The van der Waals surface area contributed by atoms with Gasteiger partial charge in [-0.1, -0.05) is 6.07 Å². The second-order valence-corrected chi connectivity index (χ2v) is 4.82. The Morgan fingerprint density at radius 1 is 1.10 bits per heavy atom. The highest BCUT2D eigenvalue weighted by Crippen LogP contribution is 2.27. The summed E-state index contributed by atoms with van der Waals surface area (Å²) in [6, 6.07) is 11.3. The van der Waals surface area contributed by atoms with Crippen LogP contribution in [-0.4, -0.2) is 19.9 Å². The van der Waals surface area contributed by atoms with E-state index in [9.17, 15) is 4.79 Å². The maximum absolute atomic E-state index is 12.6. The molecule has 20 heavy (non-hydrogen) atoms. The molecule has 0 unspecified atom stereocenters. The molecule has 0 amide bonds. The molecule has 3 nitrogen and oxygen atoms in total. The van der Waals surface area contributed by atoms with Crippen LogP contribution in [0, 0.1) is 13.8 Å². The van der Waals surface area contributed by atoms with E-state index >= 15 is 0 Å². The molecular formula is C17H19NO2. The summed E-state index contributed by atoms with van der Waals surface area (Å²) in [5.41, 5.74) is 4.28. The van der Waals surface area contributed by atoms with Crippen molar-refractivity contribution in [3.8, 4) is 5.75 Å². The fraction of sp³-hybridized carbons (Fsp3) is 0.235. The monoisotopic (exact) mass is 269 g/mol. The van der Waals surface area contributed by atoms with E-state index in [2.05, 4.69) is 5.32 Å². The first kappa shape index (κ1) is 14.1. The predicted octanol–water partition coefficient (Wildman–Crippen LogP) is 3.58. The number of carbonyl (C=O) groups is 1. The van der Waals surface area contributed by atoms with Crippen LogP contribution in [0.15, 0.2) is 36.4 Å². The number of hydrogen-bond donors (Lipinski definition) is 1. The van der Waals surface area contributed by atoms with Gasteiger partial charge in [0, 0.05) is 18.3 Å². The van der Waals surface area contributed by atoms with E-state index in [0.717, 1.165) is 16.8 Å². The van der Waals surface area contributed by atoms with E-state index in [1.54, 1.807) is 7.11 Å². The summed E-state index contributed by atoms with van der Waals surface area (Å²) >= 11 is 0. The molecule has 2 rings (SSSR count). The van der Waals surface area contributed by atoms with Crippen molar-refractivity contribution >= 4 is 11.5 Å². The predicted molar refractivity (Wildman–Crippen MR) is 81.9 cm³/mol. The van der Waals surface area contributed by atoms with Gasteiger partial charge in [-0.05, 0) is 55.3 Å². The molecule has 0 aromatic heterocycles. The first-order valence-corrected chi connectivity index (χ1v) is 6.54. The van der Waals surface area contributed by atoms with Crippen LogP contribution in [0.3, 0.4) is 0 Å². The van der Waals surface area contributed by atoms with Gasteiger partial charge in [-0.15, -0.1) is 0 Å². The lowest BCUT2D eigenvalue weighted by Crippen LogP contribution is -2.06. The zero-order chi connectivity index (χ0) is 14.7. The number of ether oxygens (including phenoxy) is 1. The van der Waals surface area contributed by atoms with Gasteiger partial charge in [0.15, 0.2) is 5.78 Å². The average molecular weight is 269 g/mol. The Labute approximate surface area is 119 Å². The maximum atomic E-state index is 12.6. The molecule has 2 aromatic carbocycles. The zero-order valence-corrected chi connectivity index (χ0v) is 12.3. The highest BCUT2D eigenvalue weighted by atomic mass is 16.5. The van der Waals surface area contributed by atoms with Gasteiger partial charge in [0.1, 0.15) is 5.75 Å². The van der Waals surface area contributed by atoms with Gasteiger partial charge in [-0.25, -0.2) is 0 Å². The molecule has 0 saturated carbocycles. The number of methoxy groups -OCH3 is 1. The molecule has 0 heterocycles. The smallest absolute Gasteiger partial charge is 0.196 e. The molecule has 0 aliphatic rings. The third-order valence-corrected chi connectivity index (χ3v) is 3.30. The number of aryl methyl sites for hydroxylation is 2. The van der Waals surface area contributed by atoms with Crippen LogP contribution in [-0.2, 0) is 0 Å². The Morgan fingerprint density at radius 2 is 1.75 bits per heavy atom. The van der Waals surface area contributed by atoms with Crippen molar-refractivity contribution in [3.63, 3.8) is 0 Å². The highest BCUT2D eigenvalue weighted by Gasteiger charge is 2.16. The maximum Gasteiger partial charge on any atom is 0.196 e. The number of anilines is 1. The van der Waals surface area contributed by atoms with Gasteiger partial charge in [-0.3, -0.25) is 4.79 Å². The molecule has 2 aromatic rings. The van der Waals surface area contributed by atoms with E-state index in [4.69, 9.17) is 4.74 Å². The normalized spacial score (nSPS) is 10.2. The second-order valence-electron chi connectivity index (χ2n) is 4.82. The third-order valence-electron chi connectivity index (χ3n) is 3.30. The lowest BCUT2D eigenvalue weighted by Gasteiger charge is -2.12. The fourth-order valence-electron chi connectivity index (χ4n) is 2.34. The van der Waals surface area contributed by atoms with Crippen molar-refractivity contribution in [2.75, 3.05) is 19.5 Å². The molecule has 0 aliphatic heterocycles. The SMILES string of the molecule is CNc1ccc(C(=O)c2cc(C)cc(C)c2OC)cc1. The summed E-state index contributed by atoms with van der Waals surface area (Å²) < 4.78 is 5.39. The summed E-state index contributed by atoms with van der Waals surface area (Å²) in [6.45, 7) is 3.93. The summed E-state index contributed by atoms with van der Waals surface area (Å²) in [7, 11) is 3.45. The molecule has 1 N–H and O–H groups in total. The highest BCUT2D eigenvalue weighted by molar-refractivity contribution is 6.11. The van der Waals surface area contributed by atoms with Crippen LogP contribution in [0.2, 0.25) is 0 Å². The van der Waals surface area contributed by atoms with Crippen LogP contribution in [0.25, 0.3) is 0 Å². The number of ketones is 1. The van der Waals surface area contributed by atoms with Crippen molar-refractivity contribution in [1.82, 2.24) is 0 Å². The molecule has 0 spiro atoms. The van der Waals surface area contributed by atoms with Crippen molar-refractivity contribution in [2.24, 2.45) is 0 Å². The van der Waals surface area contributed by atoms with Crippen LogP contribution in [0.4, 0.5) is 5.69 Å². The quantitative estimate of drug-likeness (QED) is 0.862. The van der Waals surface area contributed by atoms with Crippen molar-refractivity contribution in [2.45, 2.75) is 13.8 Å². The second kappa shape index (κ2) is 5.78. The molecule has 0 fully saturated rings. The van der Waals surface area contributed by atoms with Gasteiger partial charge in [0.2, 0.25) is 0 Å². The minimum Gasteiger partial charge on any atom is -0.496 e. The largest absolute Gasteiger partial charge is 0.496 e. The minimum absolute atomic E-state index is 0.0173. The Hall–Kier alpha value is -2.29. The van der Waals surface area contributed by atoms with E-state index in [-0.39, 0.29) is 5.78 Å². The Bertz CT molecular complexity index is 630. The van der Waals surface area contributed by atoms with Gasteiger partial charge >= 0.3 is 0 Å². The Morgan fingerprint density at radius 3 is 2.30 bits per heavy atom. The molecule has 0 atom stereocenters.